The van der Waals surface area contributed by atoms with Crippen LogP contribution in [0.5, 0.6) is 11.5 Å². The normalized spacial score (nSPS) is 10.6. The van der Waals surface area contributed by atoms with Crippen molar-refractivity contribution in [2.45, 2.75) is 6.92 Å². The Labute approximate surface area is 119 Å². The third-order valence-electron chi connectivity index (χ3n) is 2.78. The Morgan fingerprint density at radius 1 is 0.905 bits per heavy atom. The van der Waals surface area contributed by atoms with Crippen LogP contribution in [0.15, 0.2) is 27.2 Å². The molecule has 0 atom stereocenters. The van der Waals surface area contributed by atoms with Gasteiger partial charge in [-0.1, -0.05) is 10.3 Å². The Morgan fingerprint density at radius 3 is 2.29 bits per heavy atom. The molecular formula is C13H12N4O4. The van der Waals surface area contributed by atoms with Crippen LogP contribution in [0.2, 0.25) is 0 Å². The Morgan fingerprint density at radius 2 is 1.62 bits per heavy atom. The zero-order valence-corrected chi connectivity index (χ0v) is 11.7. The summed E-state index contributed by atoms with van der Waals surface area (Å²) in [5.41, 5.74) is 0.721. The molecule has 0 spiro atoms. The molecule has 0 amide bonds. The van der Waals surface area contributed by atoms with Crippen molar-refractivity contribution in [3.05, 3.63) is 24.0 Å². The predicted molar refractivity (Wildman–Crippen MR) is 70.9 cm³/mol. The fraction of sp³-hybridized carbons (Fsp3) is 0.231. The van der Waals surface area contributed by atoms with E-state index in [0.717, 1.165) is 5.56 Å². The monoisotopic (exact) mass is 288 g/mol. The Kier molecular flexibility index (Phi) is 3.27. The lowest BCUT2D eigenvalue weighted by Gasteiger charge is -2.07. The molecule has 0 aliphatic rings. The van der Waals surface area contributed by atoms with E-state index in [1.54, 1.807) is 39.3 Å². The molecule has 3 aromatic rings. The molecule has 0 aliphatic heterocycles. The van der Waals surface area contributed by atoms with E-state index >= 15 is 0 Å². The van der Waals surface area contributed by atoms with Crippen LogP contribution in [0.25, 0.3) is 23.2 Å². The summed E-state index contributed by atoms with van der Waals surface area (Å²) in [5, 5.41) is 7.57. The second kappa shape index (κ2) is 5.23. The van der Waals surface area contributed by atoms with Gasteiger partial charge in [-0.3, -0.25) is 0 Å². The minimum absolute atomic E-state index is 0.167. The second-order valence-electron chi connectivity index (χ2n) is 4.14. The van der Waals surface area contributed by atoms with Gasteiger partial charge in [0.25, 0.3) is 0 Å². The van der Waals surface area contributed by atoms with Crippen molar-refractivity contribution in [1.82, 2.24) is 20.3 Å². The van der Waals surface area contributed by atoms with Gasteiger partial charge in [0, 0.05) is 5.56 Å². The zero-order valence-electron chi connectivity index (χ0n) is 11.7. The molecule has 3 rings (SSSR count). The number of hydrogen-bond donors (Lipinski definition) is 0. The van der Waals surface area contributed by atoms with Crippen molar-refractivity contribution in [3.8, 4) is 34.7 Å². The fourth-order valence-corrected chi connectivity index (χ4v) is 1.79. The Bertz CT molecular complexity index is 765. The van der Waals surface area contributed by atoms with Gasteiger partial charge in [0.15, 0.2) is 17.3 Å². The number of aryl methyl sites for hydroxylation is 1. The van der Waals surface area contributed by atoms with Crippen molar-refractivity contribution < 1.29 is 18.5 Å². The smallest absolute Gasteiger partial charge is 0.316 e. The maximum Gasteiger partial charge on any atom is 0.316 e. The second-order valence-corrected chi connectivity index (χ2v) is 4.14. The van der Waals surface area contributed by atoms with Gasteiger partial charge < -0.3 is 18.5 Å². The number of hydrogen-bond acceptors (Lipinski definition) is 8. The maximum atomic E-state index is 5.24. The lowest BCUT2D eigenvalue weighted by molar-refractivity contribution is 0.355. The number of aromatic nitrogens is 4. The highest BCUT2D eigenvalue weighted by molar-refractivity contribution is 5.61. The van der Waals surface area contributed by atoms with Gasteiger partial charge in [0.05, 0.1) is 14.2 Å². The molecule has 1 aromatic carbocycles. The molecule has 21 heavy (non-hydrogen) atoms. The summed E-state index contributed by atoms with van der Waals surface area (Å²) in [5.74, 6) is 2.44. The molecule has 0 fully saturated rings. The fourth-order valence-electron chi connectivity index (χ4n) is 1.79. The van der Waals surface area contributed by atoms with Gasteiger partial charge in [0.2, 0.25) is 5.82 Å². The first-order chi connectivity index (χ1) is 10.2. The van der Waals surface area contributed by atoms with Crippen LogP contribution in [0, 0.1) is 6.92 Å². The third kappa shape index (κ3) is 2.42. The summed E-state index contributed by atoms with van der Waals surface area (Å²) in [6.07, 6.45) is 0. The molecule has 8 nitrogen and oxygen atoms in total. The largest absolute Gasteiger partial charge is 0.493 e. The molecule has 2 aromatic heterocycles. The highest BCUT2D eigenvalue weighted by Gasteiger charge is 2.17. The molecule has 0 N–H and O–H groups in total. The van der Waals surface area contributed by atoms with E-state index in [-0.39, 0.29) is 11.8 Å². The quantitative estimate of drug-likeness (QED) is 0.720. The summed E-state index contributed by atoms with van der Waals surface area (Å²) in [6.45, 7) is 1.71. The van der Waals surface area contributed by atoms with E-state index < -0.39 is 0 Å². The van der Waals surface area contributed by atoms with Crippen molar-refractivity contribution >= 4 is 0 Å². The van der Waals surface area contributed by atoms with Crippen LogP contribution >= 0.6 is 0 Å². The lowest BCUT2D eigenvalue weighted by atomic mass is 10.2. The SMILES string of the molecule is COc1ccc(-c2noc(-c3nc(C)no3)n2)cc1OC. The number of benzene rings is 1. The van der Waals surface area contributed by atoms with E-state index in [1.165, 1.54) is 0 Å². The van der Waals surface area contributed by atoms with Crippen LogP contribution in [0.1, 0.15) is 5.82 Å². The van der Waals surface area contributed by atoms with E-state index in [9.17, 15) is 0 Å². The summed E-state index contributed by atoms with van der Waals surface area (Å²) >= 11 is 0. The number of nitrogens with zero attached hydrogens (tertiary/aromatic N) is 4. The van der Waals surface area contributed by atoms with Crippen molar-refractivity contribution in [2.75, 3.05) is 14.2 Å². The van der Waals surface area contributed by atoms with Gasteiger partial charge in [-0.2, -0.15) is 9.97 Å². The third-order valence-corrected chi connectivity index (χ3v) is 2.78. The molecule has 2 heterocycles. The van der Waals surface area contributed by atoms with Gasteiger partial charge >= 0.3 is 11.8 Å². The first kappa shape index (κ1) is 13.1. The number of rotatable bonds is 4. The van der Waals surface area contributed by atoms with Gasteiger partial charge in [-0.25, -0.2) is 0 Å². The summed E-state index contributed by atoms with van der Waals surface area (Å²) in [6, 6.07) is 5.32. The van der Waals surface area contributed by atoms with Crippen molar-refractivity contribution in [3.63, 3.8) is 0 Å². The molecule has 0 saturated heterocycles. The molecule has 8 heteroatoms. The molecule has 0 saturated carbocycles. The minimum Gasteiger partial charge on any atom is -0.493 e. The topological polar surface area (TPSA) is 96.3 Å². The molecule has 0 aliphatic carbocycles. The summed E-state index contributed by atoms with van der Waals surface area (Å²) in [7, 11) is 3.13. The van der Waals surface area contributed by atoms with Crippen LogP contribution in [0.4, 0.5) is 0 Å². The predicted octanol–water partition coefficient (Wildman–Crippen LogP) is 2.11. The van der Waals surface area contributed by atoms with Crippen LogP contribution in [-0.2, 0) is 0 Å². The van der Waals surface area contributed by atoms with Crippen LogP contribution < -0.4 is 9.47 Å². The molecule has 0 radical (unpaired) electrons. The summed E-state index contributed by atoms with van der Waals surface area (Å²) < 4.78 is 20.5. The Balaban J connectivity index is 1.96. The first-order valence-corrected chi connectivity index (χ1v) is 6.08. The van der Waals surface area contributed by atoms with E-state index in [2.05, 4.69) is 20.3 Å². The maximum absolute atomic E-state index is 5.24. The highest BCUT2D eigenvalue weighted by Crippen LogP contribution is 2.31. The summed E-state index contributed by atoms with van der Waals surface area (Å²) in [4.78, 5) is 8.25. The molecular weight excluding hydrogens is 276 g/mol. The average Bonchev–Trinajstić information content (AvgIpc) is 3.15. The van der Waals surface area contributed by atoms with Crippen LogP contribution in [-0.4, -0.2) is 34.5 Å². The first-order valence-electron chi connectivity index (χ1n) is 6.08. The van der Waals surface area contributed by atoms with Gasteiger partial charge in [-0.15, -0.1) is 0 Å². The number of methoxy groups -OCH3 is 2. The molecule has 108 valence electrons. The van der Waals surface area contributed by atoms with Crippen molar-refractivity contribution in [2.24, 2.45) is 0 Å². The molecule has 0 bridgehead atoms. The van der Waals surface area contributed by atoms with E-state index in [0.29, 0.717) is 23.1 Å². The van der Waals surface area contributed by atoms with Gasteiger partial charge in [-0.05, 0) is 25.1 Å². The van der Waals surface area contributed by atoms with Crippen molar-refractivity contribution in [1.29, 1.82) is 0 Å². The van der Waals surface area contributed by atoms with E-state index in [4.69, 9.17) is 18.5 Å². The lowest BCUT2D eigenvalue weighted by Crippen LogP contribution is -1.91. The van der Waals surface area contributed by atoms with E-state index in [1.807, 2.05) is 0 Å². The standard InChI is InChI=1S/C13H12N4O4/c1-7-14-12(20-16-7)13-15-11(17-21-13)8-4-5-9(18-2)10(6-8)19-3/h4-6H,1-3H3. The van der Waals surface area contributed by atoms with Crippen LogP contribution in [0.3, 0.4) is 0 Å². The minimum atomic E-state index is 0.167. The zero-order chi connectivity index (χ0) is 14.8. The number of ether oxygens (including phenoxy) is 2. The Hall–Kier alpha value is -2.90. The average molecular weight is 288 g/mol. The highest BCUT2D eigenvalue weighted by atomic mass is 16.5. The van der Waals surface area contributed by atoms with Gasteiger partial charge in [0.1, 0.15) is 0 Å². The molecule has 0 unspecified atom stereocenters.